The lowest BCUT2D eigenvalue weighted by Gasteiger charge is -2.42. The zero-order valence-electron chi connectivity index (χ0n) is 10.1. The van der Waals surface area contributed by atoms with Crippen molar-refractivity contribution in [3.05, 3.63) is 34.9 Å². The van der Waals surface area contributed by atoms with E-state index < -0.39 is 0 Å². The molecule has 3 heteroatoms. The predicted octanol–water partition coefficient (Wildman–Crippen LogP) is 3.14. The number of benzene rings is 1. The van der Waals surface area contributed by atoms with E-state index >= 15 is 0 Å². The molecule has 0 amide bonds. The van der Waals surface area contributed by atoms with Crippen LogP contribution in [-0.2, 0) is 10.3 Å². The number of hydrogen-bond acceptors (Lipinski definition) is 2. The molecule has 2 atom stereocenters. The lowest BCUT2D eigenvalue weighted by molar-refractivity contribution is -0.114. The van der Waals surface area contributed by atoms with E-state index in [1.165, 1.54) is 0 Å². The molecule has 2 unspecified atom stereocenters. The Morgan fingerprint density at radius 2 is 2.18 bits per heavy atom. The van der Waals surface area contributed by atoms with Gasteiger partial charge in [-0.25, -0.2) is 0 Å². The van der Waals surface area contributed by atoms with Crippen LogP contribution in [0.1, 0.15) is 31.2 Å². The fourth-order valence-electron chi connectivity index (χ4n) is 2.99. The first-order valence-corrected chi connectivity index (χ1v) is 6.51. The molecular weight excluding hydrogens is 234 g/mol. The van der Waals surface area contributed by atoms with E-state index in [-0.39, 0.29) is 11.5 Å². The summed E-state index contributed by atoms with van der Waals surface area (Å²) in [7, 11) is 1.92. The average molecular weight is 252 g/mol. The van der Waals surface area contributed by atoms with Crippen LogP contribution >= 0.6 is 11.6 Å². The summed E-state index contributed by atoms with van der Waals surface area (Å²) in [4.78, 5) is 11.3. The van der Waals surface area contributed by atoms with Crippen molar-refractivity contribution in [2.24, 2.45) is 5.92 Å². The molecule has 0 heterocycles. The van der Waals surface area contributed by atoms with E-state index in [0.717, 1.165) is 42.6 Å². The summed E-state index contributed by atoms with van der Waals surface area (Å²) in [6.07, 6.45) is 5.25. The molecule has 1 aromatic carbocycles. The summed E-state index contributed by atoms with van der Waals surface area (Å²) >= 11 is 6.29. The number of carbonyl (C=O) groups is 1. The van der Waals surface area contributed by atoms with Gasteiger partial charge in [-0.05, 0) is 31.5 Å². The normalized spacial score (nSPS) is 28.9. The molecule has 0 aliphatic heterocycles. The van der Waals surface area contributed by atoms with Crippen molar-refractivity contribution in [3.8, 4) is 0 Å². The summed E-state index contributed by atoms with van der Waals surface area (Å²) in [6, 6.07) is 7.83. The van der Waals surface area contributed by atoms with Crippen molar-refractivity contribution in [3.63, 3.8) is 0 Å². The highest BCUT2D eigenvalue weighted by atomic mass is 35.5. The maximum absolute atomic E-state index is 11.3. The summed E-state index contributed by atoms with van der Waals surface area (Å²) in [5.74, 6) is 0.0150. The van der Waals surface area contributed by atoms with E-state index in [0.29, 0.717) is 0 Å². The first kappa shape index (κ1) is 12.6. The van der Waals surface area contributed by atoms with Crippen LogP contribution in [-0.4, -0.2) is 13.3 Å². The van der Waals surface area contributed by atoms with Crippen LogP contribution in [0.2, 0.25) is 5.02 Å². The minimum absolute atomic E-state index is 0.0150. The molecule has 0 bridgehead atoms. The molecule has 1 saturated carbocycles. The Morgan fingerprint density at radius 1 is 1.41 bits per heavy atom. The average Bonchev–Trinajstić information content (AvgIpc) is 2.39. The quantitative estimate of drug-likeness (QED) is 0.837. The van der Waals surface area contributed by atoms with E-state index in [1.807, 2.05) is 31.3 Å². The summed E-state index contributed by atoms with van der Waals surface area (Å²) in [5, 5.41) is 4.11. The maximum Gasteiger partial charge on any atom is 0.125 e. The predicted molar refractivity (Wildman–Crippen MR) is 70.2 cm³/mol. The summed E-state index contributed by atoms with van der Waals surface area (Å²) in [5.41, 5.74) is 0.777. The van der Waals surface area contributed by atoms with E-state index in [1.54, 1.807) is 0 Å². The van der Waals surface area contributed by atoms with Crippen molar-refractivity contribution < 1.29 is 4.79 Å². The Kier molecular flexibility index (Phi) is 3.85. The van der Waals surface area contributed by atoms with Crippen LogP contribution in [0.4, 0.5) is 0 Å². The van der Waals surface area contributed by atoms with Gasteiger partial charge in [-0.1, -0.05) is 42.6 Å². The minimum Gasteiger partial charge on any atom is -0.310 e. The number of nitrogens with one attached hydrogen (secondary N) is 1. The Bertz CT molecular complexity index is 407. The van der Waals surface area contributed by atoms with Crippen molar-refractivity contribution >= 4 is 17.9 Å². The van der Waals surface area contributed by atoms with Gasteiger partial charge in [0.2, 0.25) is 0 Å². The van der Waals surface area contributed by atoms with Gasteiger partial charge in [-0.3, -0.25) is 0 Å². The molecule has 0 aromatic heterocycles. The highest BCUT2D eigenvalue weighted by Crippen LogP contribution is 2.42. The van der Waals surface area contributed by atoms with Crippen molar-refractivity contribution in [1.82, 2.24) is 5.32 Å². The molecule has 0 saturated heterocycles. The maximum atomic E-state index is 11.3. The molecule has 1 aromatic rings. The van der Waals surface area contributed by atoms with E-state index in [2.05, 4.69) is 5.32 Å². The molecule has 1 aliphatic carbocycles. The number of rotatable bonds is 3. The van der Waals surface area contributed by atoms with E-state index in [4.69, 9.17) is 11.6 Å². The highest BCUT2D eigenvalue weighted by molar-refractivity contribution is 6.31. The van der Waals surface area contributed by atoms with Crippen molar-refractivity contribution in [2.45, 2.75) is 31.2 Å². The number of carbonyl (C=O) groups excluding carboxylic acids is 1. The SMILES string of the molecule is CNC1(c2ccccc2Cl)CCCCC1C=O. The highest BCUT2D eigenvalue weighted by Gasteiger charge is 2.41. The van der Waals surface area contributed by atoms with Gasteiger partial charge in [0, 0.05) is 10.9 Å². The van der Waals surface area contributed by atoms with Crippen LogP contribution in [0.15, 0.2) is 24.3 Å². The van der Waals surface area contributed by atoms with Gasteiger partial charge in [0.1, 0.15) is 6.29 Å². The van der Waals surface area contributed by atoms with Gasteiger partial charge in [-0.15, -0.1) is 0 Å². The van der Waals surface area contributed by atoms with Crippen LogP contribution in [0.25, 0.3) is 0 Å². The molecule has 1 fully saturated rings. The summed E-state index contributed by atoms with van der Waals surface area (Å²) < 4.78 is 0. The molecule has 2 nitrogen and oxygen atoms in total. The number of halogens is 1. The Morgan fingerprint density at radius 3 is 2.82 bits per heavy atom. The molecule has 0 spiro atoms. The van der Waals surface area contributed by atoms with Gasteiger partial charge in [0.15, 0.2) is 0 Å². The Balaban J connectivity index is 2.48. The second-order valence-corrected chi connectivity index (χ2v) is 5.10. The largest absolute Gasteiger partial charge is 0.310 e. The van der Waals surface area contributed by atoms with Gasteiger partial charge in [-0.2, -0.15) is 0 Å². The monoisotopic (exact) mass is 251 g/mol. The van der Waals surface area contributed by atoms with Crippen molar-refractivity contribution in [2.75, 3.05) is 7.05 Å². The van der Waals surface area contributed by atoms with Crippen LogP contribution in [0.5, 0.6) is 0 Å². The van der Waals surface area contributed by atoms with Gasteiger partial charge < -0.3 is 10.1 Å². The van der Waals surface area contributed by atoms with Crippen LogP contribution < -0.4 is 5.32 Å². The first-order chi connectivity index (χ1) is 8.24. The third kappa shape index (κ3) is 2.12. The molecule has 2 rings (SSSR count). The van der Waals surface area contributed by atoms with Crippen LogP contribution in [0.3, 0.4) is 0 Å². The molecular formula is C14H18ClNO. The molecule has 1 N–H and O–H groups in total. The molecule has 17 heavy (non-hydrogen) atoms. The standard InChI is InChI=1S/C14H18ClNO/c1-16-14(9-5-4-6-11(14)10-17)12-7-2-3-8-13(12)15/h2-3,7-8,10-11,16H,4-6,9H2,1H3. The summed E-state index contributed by atoms with van der Waals surface area (Å²) in [6.45, 7) is 0. The van der Waals surface area contributed by atoms with E-state index in [9.17, 15) is 4.79 Å². The smallest absolute Gasteiger partial charge is 0.125 e. The van der Waals surface area contributed by atoms with Gasteiger partial charge >= 0.3 is 0 Å². The van der Waals surface area contributed by atoms with Crippen LogP contribution in [0, 0.1) is 5.92 Å². The fourth-order valence-corrected chi connectivity index (χ4v) is 3.29. The number of aldehydes is 1. The minimum atomic E-state index is -0.279. The second-order valence-electron chi connectivity index (χ2n) is 4.69. The number of hydrogen-bond donors (Lipinski definition) is 1. The Hall–Kier alpha value is -0.860. The zero-order chi connectivity index (χ0) is 12.3. The van der Waals surface area contributed by atoms with Crippen molar-refractivity contribution in [1.29, 1.82) is 0 Å². The third-order valence-electron chi connectivity index (χ3n) is 3.93. The Labute approximate surface area is 107 Å². The second kappa shape index (κ2) is 5.19. The third-order valence-corrected chi connectivity index (χ3v) is 4.26. The first-order valence-electron chi connectivity index (χ1n) is 6.14. The molecule has 0 radical (unpaired) electrons. The zero-order valence-corrected chi connectivity index (χ0v) is 10.8. The molecule has 1 aliphatic rings. The fraction of sp³-hybridized carbons (Fsp3) is 0.500. The topological polar surface area (TPSA) is 29.1 Å². The lowest BCUT2D eigenvalue weighted by atomic mass is 9.69. The van der Waals surface area contributed by atoms with Gasteiger partial charge in [0.25, 0.3) is 0 Å². The van der Waals surface area contributed by atoms with Gasteiger partial charge in [0.05, 0.1) is 5.54 Å². The lowest BCUT2D eigenvalue weighted by Crippen LogP contribution is -2.49. The molecule has 92 valence electrons.